The van der Waals surface area contributed by atoms with Crippen molar-refractivity contribution in [2.75, 3.05) is 19.6 Å². The maximum Gasteiger partial charge on any atom is 0.191 e. The molecule has 0 spiro atoms. The van der Waals surface area contributed by atoms with Gasteiger partial charge in [0.05, 0.1) is 6.54 Å². The molecule has 0 bridgehead atoms. The van der Waals surface area contributed by atoms with E-state index in [1.165, 1.54) is 11.1 Å². The van der Waals surface area contributed by atoms with Crippen LogP contribution in [0.4, 0.5) is 0 Å². The fraction of sp³-hybridized carbons (Fsp3) is 0.562. The van der Waals surface area contributed by atoms with E-state index in [0.717, 1.165) is 25.6 Å². The second-order valence-corrected chi connectivity index (χ2v) is 5.48. The molecular weight excluding hydrogens is 361 g/mol. The van der Waals surface area contributed by atoms with Gasteiger partial charge in [0.25, 0.3) is 0 Å². The summed E-state index contributed by atoms with van der Waals surface area (Å²) in [4.78, 5) is 4.68. The predicted molar refractivity (Wildman–Crippen MR) is 99.3 cm³/mol. The average Bonchev–Trinajstić information content (AvgIpc) is 2.37. The molecule has 20 heavy (non-hydrogen) atoms. The zero-order chi connectivity index (χ0) is 14.3. The van der Waals surface area contributed by atoms with E-state index < -0.39 is 0 Å². The molecule has 0 aromatic heterocycles. The molecular formula is C16H28IN3. The summed E-state index contributed by atoms with van der Waals surface area (Å²) in [6, 6.07) is 8.68. The number of halogens is 1. The van der Waals surface area contributed by atoms with Gasteiger partial charge in [-0.15, -0.1) is 24.0 Å². The van der Waals surface area contributed by atoms with Gasteiger partial charge >= 0.3 is 0 Å². The van der Waals surface area contributed by atoms with Gasteiger partial charge < -0.3 is 10.6 Å². The summed E-state index contributed by atoms with van der Waals surface area (Å²) >= 11 is 0. The Hall–Kier alpha value is -0.780. The maximum absolute atomic E-state index is 4.68. The normalized spacial score (nSPS) is 10.4. The van der Waals surface area contributed by atoms with Crippen molar-refractivity contribution in [2.24, 2.45) is 4.99 Å². The molecule has 1 rings (SSSR count). The van der Waals surface area contributed by atoms with Gasteiger partial charge in [-0.05, 0) is 26.3 Å². The number of aliphatic imine (C=N–C) groups is 1. The number of hydrogen-bond acceptors (Lipinski definition) is 1. The molecule has 1 aromatic rings. The highest BCUT2D eigenvalue weighted by Gasteiger charge is 2.20. The molecule has 0 radical (unpaired) electrons. The van der Waals surface area contributed by atoms with Gasteiger partial charge in [-0.1, -0.05) is 43.7 Å². The molecule has 114 valence electrons. The van der Waals surface area contributed by atoms with E-state index in [9.17, 15) is 0 Å². The van der Waals surface area contributed by atoms with Crippen molar-refractivity contribution < 1.29 is 0 Å². The lowest BCUT2D eigenvalue weighted by molar-refractivity contribution is 0.537. The lowest BCUT2D eigenvalue weighted by Crippen LogP contribution is -2.38. The quantitative estimate of drug-likeness (QED) is 0.460. The largest absolute Gasteiger partial charge is 0.357 e. The summed E-state index contributed by atoms with van der Waals surface area (Å²) in [6.45, 7) is 13.3. The Morgan fingerprint density at radius 2 is 1.75 bits per heavy atom. The number of guanidine groups is 1. The van der Waals surface area contributed by atoms with E-state index >= 15 is 0 Å². The number of nitrogens with one attached hydrogen (secondary N) is 2. The van der Waals surface area contributed by atoms with Gasteiger partial charge in [0.15, 0.2) is 5.96 Å². The first-order chi connectivity index (χ1) is 8.99. The summed E-state index contributed by atoms with van der Waals surface area (Å²) in [5, 5.41) is 6.52. The monoisotopic (exact) mass is 389 g/mol. The first kappa shape index (κ1) is 19.2. The third-order valence-corrected chi connectivity index (χ3v) is 3.12. The molecule has 0 aliphatic heterocycles. The highest BCUT2D eigenvalue weighted by Crippen LogP contribution is 2.24. The van der Waals surface area contributed by atoms with Crippen LogP contribution in [0.5, 0.6) is 0 Å². The summed E-state index contributed by atoms with van der Waals surface area (Å²) in [5.41, 5.74) is 2.68. The lowest BCUT2D eigenvalue weighted by atomic mass is 9.84. The third-order valence-electron chi connectivity index (χ3n) is 3.12. The van der Waals surface area contributed by atoms with Crippen LogP contribution in [0.2, 0.25) is 0 Å². The Balaban J connectivity index is 0.00000361. The Labute approximate surface area is 140 Å². The van der Waals surface area contributed by atoms with Crippen LogP contribution in [0.25, 0.3) is 0 Å². The second-order valence-electron chi connectivity index (χ2n) is 5.48. The molecule has 3 nitrogen and oxygen atoms in total. The first-order valence-electron chi connectivity index (χ1n) is 7.09. The molecule has 0 atom stereocenters. The molecule has 0 amide bonds. The number of benzene rings is 1. The van der Waals surface area contributed by atoms with Crippen LogP contribution in [0.15, 0.2) is 29.3 Å². The average molecular weight is 389 g/mol. The van der Waals surface area contributed by atoms with Crippen LogP contribution in [-0.2, 0) is 5.41 Å². The lowest BCUT2D eigenvalue weighted by Gasteiger charge is -2.24. The van der Waals surface area contributed by atoms with Gasteiger partial charge in [0, 0.05) is 18.5 Å². The van der Waals surface area contributed by atoms with Crippen LogP contribution in [-0.4, -0.2) is 25.6 Å². The van der Waals surface area contributed by atoms with Crippen molar-refractivity contribution in [3.8, 4) is 0 Å². The highest BCUT2D eigenvalue weighted by molar-refractivity contribution is 14.0. The van der Waals surface area contributed by atoms with Crippen LogP contribution < -0.4 is 10.6 Å². The van der Waals surface area contributed by atoms with E-state index in [0.29, 0.717) is 0 Å². The number of nitrogens with zero attached hydrogens (tertiary/aromatic N) is 1. The van der Waals surface area contributed by atoms with Gasteiger partial charge in [0.2, 0.25) is 0 Å². The Kier molecular flexibility index (Phi) is 8.85. The molecule has 0 aliphatic carbocycles. The Morgan fingerprint density at radius 3 is 2.25 bits per heavy atom. The summed E-state index contributed by atoms with van der Waals surface area (Å²) in [7, 11) is 0. The standard InChI is InChI=1S/C16H27N3.HI/c1-6-17-15(18-7-2)19-12-16(4,5)14-10-8-9-13(3)11-14;/h8-11H,6-7,12H2,1-5H3,(H2,17,18,19);1H. The van der Waals surface area contributed by atoms with Crippen LogP contribution in [0, 0.1) is 6.92 Å². The Morgan fingerprint density at radius 1 is 1.15 bits per heavy atom. The van der Waals surface area contributed by atoms with Crippen molar-refractivity contribution in [1.29, 1.82) is 0 Å². The summed E-state index contributed by atoms with van der Waals surface area (Å²) in [6.07, 6.45) is 0. The van der Waals surface area contributed by atoms with Gasteiger partial charge in [-0.2, -0.15) is 0 Å². The third kappa shape index (κ3) is 6.11. The summed E-state index contributed by atoms with van der Waals surface area (Å²) < 4.78 is 0. The molecule has 1 aromatic carbocycles. The minimum absolute atomic E-state index is 0. The van der Waals surface area contributed by atoms with Gasteiger partial charge in [-0.25, -0.2) is 0 Å². The van der Waals surface area contributed by atoms with Crippen molar-refractivity contribution in [3.63, 3.8) is 0 Å². The number of hydrogen-bond donors (Lipinski definition) is 2. The fourth-order valence-corrected chi connectivity index (χ4v) is 1.94. The molecule has 0 heterocycles. The topological polar surface area (TPSA) is 36.4 Å². The van der Waals surface area contributed by atoms with Crippen molar-refractivity contribution >= 4 is 29.9 Å². The van der Waals surface area contributed by atoms with E-state index in [-0.39, 0.29) is 29.4 Å². The fourth-order valence-electron chi connectivity index (χ4n) is 1.94. The number of aryl methyl sites for hydroxylation is 1. The molecule has 0 saturated heterocycles. The molecule has 0 aliphatic rings. The first-order valence-corrected chi connectivity index (χ1v) is 7.09. The van der Waals surface area contributed by atoms with Crippen molar-refractivity contribution in [3.05, 3.63) is 35.4 Å². The van der Waals surface area contributed by atoms with Crippen molar-refractivity contribution in [1.82, 2.24) is 10.6 Å². The van der Waals surface area contributed by atoms with Crippen LogP contribution in [0.3, 0.4) is 0 Å². The molecule has 0 saturated carbocycles. The molecule has 2 N–H and O–H groups in total. The SMILES string of the molecule is CCNC(=NCC(C)(C)c1cccc(C)c1)NCC.I. The van der Waals surface area contributed by atoms with E-state index in [2.05, 4.69) is 74.5 Å². The zero-order valence-corrected chi connectivity index (χ0v) is 15.6. The number of rotatable bonds is 5. The Bertz CT molecular complexity index is 419. The molecule has 0 unspecified atom stereocenters. The van der Waals surface area contributed by atoms with Gasteiger partial charge in [0.1, 0.15) is 0 Å². The maximum atomic E-state index is 4.68. The minimum Gasteiger partial charge on any atom is -0.357 e. The minimum atomic E-state index is 0. The smallest absolute Gasteiger partial charge is 0.191 e. The predicted octanol–water partition coefficient (Wildman–Crippen LogP) is 3.47. The van der Waals surface area contributed by atoms with Gasteiger partial charge in [-0.3, -0.25) is 4.99 Å². The van der Waals surface area contributed by atoms with Crippen LogP contribution >= 0.6 is 24.0 Å². The van der Waals surface area contributed by atoms with Crippen molar-refractivity contribution in [2.45, 2.75) is 40.0 Å². The van der Waals surface area contributed by atoms with Crippen LogP contribution in [0.1, 0.15) is 38.8 Å². The zero-order valence-electron chi connectivity index (χ0n) is 13.3. The highest BCUT2D eigenvalue weighted by atomic mass is 127. The van der Waals surface area contributed by atoms with E-state index in [1.807, 2.05) is 0 Å². The van der Waals surface area contributed by atoms with E-state index in [1.54, 1.807) is 0 Å². The summed E-state index contributed by atoms with van der Waals surface area (Å²) in [5.74, 6) is 0.894. The second kappa shape index (κ2) is 9.21. The van der Waals surface area contributed by atoms with E-state index in [4.69, 9.17) is 0 Å². The molecule has 4 heteroatoms. The molecule has 0 fully saturated rings.